The third-order valence-electron chi connectivity index (χ3n) is 3.54. The lowest BCUT2D eigenvalue weighted by atomic mass is 9.92. The van der Waals surface area contributed by atoms with Gasteiger partial charge < -0.3 is 10.1 Å². The van der Waals surface area contributed by atoms with Crippen LogP contribution in [0.3, 0.4) is 0 Å². The molecule has 2 rings (SSSR count). The maximum Gasteiger partial charge on any atom is 0.122 e. The first kappa shape index (κ1) is 12.4. The fourth-order valence-electron chi connectivity index (χ4n) is 2.59. The van der Waals surface area contributed by atoms with Crippen molar-refractivity contribution in [2.45, 2.75) is 51.7 Å². The Morgan fingerprint density at radius 1 is 1.24 bits per heavy atom. The molecule has 2 heteroatoms. The lowest BCUT2D eigenvalue weighted by Gasteiger charge is -2.32. The van der Waals surface area contributed by atoms with Crippen molar-refractivity contribution in [2.75, 3.05) is 6.54 Å². The molecule has 1 aromatic carbocycles. The number of hydrogen-bond acceptors (Lipinski definition) is 2. The summed E-state index contributed by atoms with van der Waals surface area (Å²) in [6, 6.07) is 8.82. The number of hydrogen-bond donors (Lipinski definition) is 1. The Labute approximate surface area is 104 Å². The van der Waals surface area contributed by atoms with Crippen LogP contribution in [0, 0.1) is 6.92 Å². The summed E-state index contributed by atoms with van der Waals surface area (Å²) < 4.78 is 6.19. The normalized spacial score (nSPS) is 24.6. The maximum absolute atomic E-state index is 6.19. The summed E-state index contributed by atoms with van der Waals surface area (Å²) in [6.45, 7) is 5.30. The minimum atomic E-state index is 0.338. The summed E-state index contributed by atoms with van der Waals surface area (Å²) in [5.41, 5.74) is 1.23. The van der Waals surface area contributed by atoms with E-state index in [2.05, 4.69) is 37.4 Å². The van der Waals surface area contributed by atoms with E-state index in [1.807, 2.05) is 6.07 Å². The maximum atomic E-state index is 6.19. The molecule has 0 aromatic heterocycles. The number of ether oxygens (including phenoxy) is 1. The van der Waals surface area contributed by atoms with Crippen LogP contribution in [0.4, 0.5) is 0 Å². The number of para-hydroxylation sites is 1. The van der Waals surface area contributed by atoms with Crippen LogP contribution in [0.25, 0.3) is 0 Å². The van der Waals surface area contributed by atoms with Gasteiger partial charge in [0.05, 0.1) is 0 Å². The summed E-state index contributed by atoms with van der Waals surface area (Å²) in [5.74, 6) is 1.04. The average molecular weight is 233 g/mol. The molecule has 0 spiro atoms. The van der Waals surface area contributed by atoms with Gasteiger partial charge in [0.2, 0.25) is 0 Å². The van der Waals surface area contributed by atoms with Crippen molar-refractivity contribution in [1.82, 2.24) is 5.32 Å². The molecule has 1 N–H and O–H groups in total. The molecular formula is C15H23NO. The number of rotatable bonds is 4. The zero-order valence-corrected chi connectivity index (χ0v) is 10.9. The van der Waals surface area contributed by atoms with Crippen molar-refractivity contribution in [2.24, 2.45) is 0 Å². The summed E-state index contributed by atoms with van der Waals surface area (Å²) in [5, 5.41) is 3.55. The molecule has 0 radical (unpaired) electrons. The smallest absolute Gasteiger partial charge is 0.122 e. The average Bonchev–Trinajstić information content (AvgIpc) is 2.35. The molecule has 0 heterocycles. The Kier molecular flexibility index (Phi) is 4.43. The minimum absolute atomic E-state index is 0.338. The van der Waals surface area contributed by atoms with E-state index in [0.29, 0.717) is 12.1 Å². The number of nitrogens with one attached hydrogen (secondary N) is 1. The van der Waals surface area contributed by atoms with Gasteiger partial charge >= 0.3 is 0 Å². The fraction of sp³-hybridized carbons (Fsp3) is 0.600. The molecule has 2 unspecified atom stereocenters. The van der Waals surface area contributed by atoms with E-state index in [9.17, 15) is 0 Å². The highest BCUT2D eigenvalue weighted by atomic mass is 16.5. The predicted octanol–water partition coefficient (Wildman–Crippen LogP) is 3.29. The molecule has 94 valence electrons. The number of benzene rings is 1. The van der Waals surface area contributed by atoms with E-state index in [1.54, 1.807) is 0 Å². The lowest BCUT2D eigenvalue weighted by Crippen LogP contribution is -2.45. The van der Waals surface area contributed by atoms with E-state index < -0.39 is 0 Å². The van der Waals surface area contributed by atoms with Gasteiger partial charge in [-0.15, -0.1) is 0 Å². The molecule has 1 saturated carbocycles. The molecule has 1 aliphatic carbocycles. The topological polar surface area (TPSA) is 21.3 Å². The quantitative estimate of drug-likeness (QED) is 0.861. The van der Waals surface area contributed by atoms with E-state index >= 15 is 0 Å². The van der Waals surface area contributed by atoms with E-state index in [-0.39, 0.29) is 0 Å². The van der Waals surface area contributed by atoms with E-state index in [0.717, 1.165) is 12.3 Å². The first-order valence-corrected chi connectivity index (χ1v) is 6.77. The van der Waals surface area contributed by atoms with Gasteiger partial charge in [-0.3, -0.25) is 0 Å². The lowest BCUT2D eigenvalue weighted by molar-refractivity contribution is 0.114. The van der Waals surface area contributed by atoms with Gasteiger partial charge in [0.15, 0.2) is 0 Å². The van der Waals surface area contributed by atoms with Gasteiger partial charge in [-0.1, -0.05) is 31.5 Å². The zero-order valence-electron chi connectivity index (χ0n) is 10.9. The van der Waals surface area contributed by atoms with Gasteiger partial charge in [-0.05, 0) is 44.4 Å². The van der Waals surface area contributed by atoms with Crippen LogP contribution < -0.4 is 10.1 Å². The van der Waals surface area contributed by atoms with Crippen LogP contribution in [0.5, 0.6) is 5.75 Å². The highest BCUT2D eigenvalue weighted by Gasteiger charge is 2.26. The van der Waals surface area contributed by atoms with Crippen molar-refractivity contribution in [3.63, 3.8) is 0 Å². The number of likely N-dealkylation sites (N-methyl/N-ethyl adjacent to an activating group) is 1. The summed E-state index contributed by atoms with van der Waals surface area (Å²) in [7, 11) is 0. The molecule has 0 saturated heterocycles. The van der Waals surface area contributed by atoms with Crippen molar-refractivity contribution < 1.29 is 4.74 Å². The van der Waals surface area contributed by atoms with Crippen LogP contribution in [-0.4, -0.2) is 18.7 Å². The number of aryl methyl sites for hydroxylation is 1. The monoisotopic (exact) mass is 233 g/mol. The van der Waals surface area contributed by atoms with Crippen LogP contribution >= 0.6 is 0 Å². The van der Waals surface area contributed by atoms with Crippen LogP contribution in [-0.2, 0) is 0 Å². The summed E-state index contributed by atoms with van der Waals surface area (Å²) >= 11 is 0. The third-order valence-corrected chi connectivity index (χ3v) is 3.54. The highest BCUT2D eigenvalue weighted by Crippen LogP contribution is 2.25. The molecular weight excluding hydrogens is 210 g/mol. The van der Waals surface area contributed by atoms with Gasteiger partial charge in [-0.2, -0.15) is 0 Å². The zero-order chi connectivity index (χ0) is 12.1. The van der Waals surface area contributed by atoms with Gasteiger partial charge in [-0.25, -0.2) is 0 Å². The van der Waals surface area contributed by atoms with Gasteiger partial charge in [0, 0.05) is 6.04 Å². The van der Waals surface area contributed by atoms with Crippen molar-refractivity contribution in [1.29, 1.82) is 0 Å². The molecule has 17 heavy (non-hydrogen) atoms. The molecule has 0 aliphatic heterocycles. The third kappa shape index (κ3) is 3.22. The Morgan fingerprint density at radius 2 is 2.00 bits per heavy atom. The molecule has 0 bridgehead atoms. The second-order valence-corrected chi connectivity index (χ2v) is 4.87. The van der Waals surface area contributed by atoms with Gasteiger partial charge in [0.25, 0.3) is 0 Å². The summed E-state index contributed by atoms with van der Waals surface area (Å²) in [6.07, 6.45) is 5.37. The molecule has 1 fully saturated rings. The molecule has 0 amide bonds. The van der Waals surface area contributed by atoms with Crippen molar-refractivity contribution in [3.8, 4) is 5.75 Å². The second kappa shape index (κ2) is 6.06. The van der Waals surface area contributed by atoms with Crippen molar-refractivity contribution in [3.05, 3.63) is 29.8 Å². The molecule has 2 atom stereocenters. The van der Waals surface area contributed by atoms with Crippen molar-refractivity contribution >= 4 is 0 Å². The largest absolute Gasteiger partial charge is 0.489 e. The fourth-order valence-corrected chi connectivity index (χ4v) is 2.59. The van der Waals surface area contributed by atoms with E-state index in [4.69, 9.17) is 4.74 Å². The molecule has 2 nitrogen and oxygen atoms in total. The minimum Gasteiger partial charge on any atom is -0.489 e. The Balaban J connectivity index is 2.03. The highest BCUT2D eigenvalue weighted by molar-refractivity contribution is 5.32. The Hall–Kier alpha value is -1.02. The van der Waals surface area contributed by atoms with Crippen LogP contribution in [0.15, 0.2) is 24.3 Å². The Morgan fingerprint density at radius 3 is 2.76 bits per heavy atom. The second-order valence-electron chi connectivity index (χ2n) is 4.87. The van der Waals surface area contributed by atoms with Crippen LogP contribution in [0.2, 0.25) is 0 Å². The van der Waals surface area contributed by atoms with Gasteiger partial charge in [0.1, 0.15) is 11.9 Å². The first-order valence-electron chi connectivity index (χ1n) is 6.77. The Bertz CT molecular complexity index is 349. The summed E-state index contributed by atoms with van der Waals surface area (Å²) in [4.78, 5) is 0. The molecule has 1 aliphatic rings. The molecule has 1 aromatic rings. The van der Waals surface area contributed by atoms with E-state index in [1.165, 1.54) is 31.2 Å². The van der Waals surface area contributed by atoms with Crippen LogP contribution in [0.1, 0.15) is 38.2 Å². The first-order chi connectivity index (χ1) is 8.31. The SMILES string of the molecule is CCNC1CCCCC1Oc1ccccc1C. The predicted molar refractivity (Wildman–Crippen MR) is 71.5 cm³/mol. The standard InChI is InChI=1S/C15H23NO/c1-3-16-13-9-5-7-11-15(13)17-14-10-6-4-8-12(14)2/h4,6,8,10,13,15-16H,3,5,7,9,11H2,1-2H3.